The van der Waals surface area contributed by atoms with Crippen molar-refractivity contribution in [2.45, 2.75) is 26.4 Å². The Hall–Kier alpha value is -1.28. The molecule has 0 aliphatic heterocycles. The van der Waals surface area contributed by atoms with Crippen molar-refractivity contribution < 1.29 is 9.47 Å². The zero-order valence-electron chi connectivity index (χ0n) is 10.5. The summed E-state index contributed by atoms with van der Waals surface area (Å²) in [5.41, 5.74) is 0.758. The third-order valence-electron chi connectivity index (χ3n) is 2.27. The summed E-state index contributed by atoms with van der Waals surface area (Å²) < 4.78 is 11.0. The molecule has 0 unspecified atom stereocenters. The van der Waals surface area contributed by atoms with Gasteiger partial charge in [0.1, 0.15) is 5.76 Å². The summed E-state index contributed by atoms with van der Waals surface area (Å²) >= 11 is 0. The molecule has 0 amide bonds. The third-order valence-corrected chi connectivity index (χ3v) is 2.27. The molecule has 0 saturated carbocycles. The summed E-state index contributed by atoms with van der Waals surface area (Å²) in [7, 11) is 1.68. The standard InChI is InChI=1S/C14H20O2/c1-5-16-14(2,3)11-13(15-4)12-9-7-6-8-10-12/h6-11H,5H2,1-4H3/b13-11-. The molecule has 2 nitrogen and oxygen atoms in total. The number of hydrogen-bond donors (Lipinski definition) is 0. The van der Waals surface area contributed by atoms with Crippen LogP contribution in [0.2, 0.25) is 0 Å². The van der Waals surface area contributed by atoms with E-state index in [9.17, 15) is 0 Å². The van der Waals surface area contributed by atoms with E-state index in [2.05, 4.69) is 0 Å². The fourth-order valence-electron chi connectivity index (χ4n) is 1.59. The molecule has 1 aromatic carbocycles. The van der Waals surface area contributed by atoms with E-state index in [0.29, 0.717) is 6.61 Å². The highest BCUT2D eigenvalue weighted by Crippen LogP contribution is 2.21. The first-order valence-electron chi connectivity index (χ1n) is 5.55. The zero-order chi connectivity index (χ0) is 12.0. The second-order valence-corrected chi connectivity index (χ2v) is 4.12. The maximum Gasteiger partial charge on any atom is 0.124 e. The predicted molar refractivity (Wildman–Crippen MR) is 67.1 cm³/mol. The molecule has 0 spiro atoms. The second kappa shape index (κ2) is 5.71. The minimum Gasteiger partial charge on any atom is -0.496 e. The van der Waals surface area contributed by atoms with Crippen LogP contribution >= 0.6 is 0 Å². The minimum atomic E-state index is -0.310. The predicted octanol–water partition coefficient (Wildman–Crippen LogP) is 3.49. The smallest absolute Gasteiger partial charge is 0.124 e. The largest absolute Gasteiger partial charge is 0.496 e. The normalized spacial score (nSPS) is 12.6. The summed E-state index contributed by atoms with van der Waals surface area (Å²) in [5.74, 6) is 0.846. The van der Waals surface area contributed by atoms with E-state index in [0.717, 1.165) is 11.3 Å². The van der Waals surface area contributed by atoms with Crippen molar-refractivity contribution in [3.05, 3.63) is 42.0 Å². The number of ether oxygens (including phenoxy) is 2. The average Bonchev–Trinajstić information content (AvgIpc) is 2.27. The molecule has 16 heavy (non-hydrogen) atoms. The molecule has 1 rings (SSSR count). The van der Waals surface area contributed by atoms with Crippen LogP contribution in [0.5, 0.6) is 0 Å². The number of methoxy groups -OCH3 is 1. The van der Waals surface area contributed by atoms with Gasteiger partial charge in [-0.2, -0.15) is 0 Å². The molecule has 88 valence electrons. The number of benzene rings is 1. The van der Waals surface area contributed by atoms with Crippen LogP contribution in [0, 0.1) is 0 Å². The summed E-state index contributed by atoms with van der Waals surface area (Å²) in [6, 6.07) is 10.0. The van der Waals surface area contributed by atoms with Gasteiger partial charge in [0, 0.05) is 12.2 Å². The van der Waals surface area contributed by atoms with Crippen molar-refractivity contribution >= 4 is 5.76 Å². The van der Waals surface area contributed by atoms with Crippen molar-refractivity contribution in [3.8, 4) is 0 Å². The molecule has 0 saturated heterocycles. The Balaban J connectivity index is 2.94. The van der Waals surface area contributed by atoms with E-state index in [1.807, 2.05) is 57.2 Å². The Morgan fingerprint density at radius 2 is 1.88 bits per heavy atom. The molecule has 2 heteroatoms. The highest BCUT2D eigenvalue weighted by molar-refractivity contribution is 5.60. The quantitative estimate of drug-likeness (QED) is 0.707. The van der Waals surface area contributed by atoms with Gasteiger partial charge in [0.15, 0.2) is 0 Å². The van der Waals surface area contributed by atoms with E-state index >= 15 is 0 Å². The highest BCUT2D eigenvalue weighted by atomic mass is 16.5. The van der Waals surface area contributed by atoms with Crippen LogP contribution in [0.1, 0.15) is 26.3 Å². The van der Waals surface area contributed by atoms with E-state index < -0.39 is 0 Å². The first-order chi connectivity index (χ1) is 7.59. The molecule has 0 radical (unpaired) electrons. The van der Waals surface area contributed by atoms with Crippen LogP contribution < -0.4 is 0 Å². The van der Waals surface area contributed by atoms with Crippen LogP contribution in [0.4, 0.5) is 0 Å². The van der Waals surface area contributed by atoms with Gasteiger partial charge in [-0.25, -0.2) is 0 Å². The van der Waals surface area contributed by atoms with Gasteiger partial charge in [-0.3, -0.25) is 0 Å². The Morgan fingerprint density at radius 3 is 2.38 bits per heavy atom. The number of hydrogen-bond acceptors (Lipinski definition) is 2. The van der Waals surface area contributed by atoms with E-state index in [1.54, 1.807) is 7.11 Å². The van der Waals surface area contributed by atoms with Gasteiger partial charge in [0.2, 0.25) is 0 Å². The van der Waals surface area contributed by atoms with Gasteiger partial charge in [-0.1, -0.05) is 30.3 Å². The second-order valence-electron chi connectivity index (χ2n) is 4.12. The molecule has 0 aliphatic rings. The SMILES string of the molecule is CCOC(C)(C)/C=C(\OC)c1ccccc1. The topological polar surface area (TPSA) is 18.5 Å². The molecule has 0 aliphatic carbocycles. The van der Waals surface area contributed by atoms with Crippen LogP contribution in [0.25, 0.3) is 5.76 Å². The van der Waals surface area contributed by atoms with Gasteiger partial charge in [0.05, 0.1) is 12.7 Å². The molecular weight excluding hydrogens is 200 g/mol. The molecule has 0 N–H and O–H groups in total. The minimum absolute atomic E-state index is 0.310. The van der Waals surface area contributed by atoms with E-state index in [1.165, 1.54) is 0 Å². The monoisotopic (exact) mass is 220 g/mol. The summed E-state index contributed by atoms with van der Waals surface area (Å²) in [5, 5.41) is 0. The lowest BCUT2D eigenvalue weighted by Gasteiger charge is -2.22. The lowest BCUT2D eigenvalue weighted by molar-refractivity contribution is 0.0277. The highest BCUT2D eigenvalue weighted by Gasteiger charge is 2.16. The maximum absolute atomic E-state index is 5.63. The molecule has 0 atom stereocenters. The fraction of sp³-hybridized carbons (Fsp3) is 0.429. The van der Waals surface area contributed by atoms with E-state index in [4.69, 9.17) is 9.47 Å². The lowest BCUT2D eigenvalue weighted by Crippen LogP contribution is -2.21. The van der Waals surface area contributed by atoms with Crippen LogP contribution in [-0.2, 0) is 9.47 Å². The van der Waals surface area contributed by atoms with Crippen molar-refractivity contribution in [3.63, 3.8) is 0 Å². The van der Waals surface area contributed by atoms with Crippen molar-refractivity contribution in [2.75, 3.05) is 13.7 Å². The van der Waals surface area contributed by atoms with Crippen LogP contribution in [0.15, 0.2) is 36.4 Å². The third kappa shape index (κ3) is 3.70. The van der Waals surface area contributed by atoms with E-state index in [-0.39, 0.29) is 5.60 Å². The fourth-order valence-corrected chi connectivity index (χ4v) is 1.59. The first kappa shape index (κ1) is 12.8. The average molecular weight is 220 g/mol. The lowest BCUT2D eigenvalue weighted by atomic mass is 10.1. The van der Waals surface area contributed by atoms with Crippen molar-refractivity contribution in [2.24, 2.45) is 0 Å². The summed E-state index contributed by atoms with van der Waals surface area (Å²) in [6.45, 7) is 6.73. The Bertz CT molecular complexity index is 339. The molecule has 0 aromatic heterocycles. The molecule has 1 aromatic rings. The molecule has 0 heterocycles. The zero-order valence-corrected chi connectivity index (χ0v) is 10.5. The first-order valence-corrected chi connectivity index (χ1v) is 5.55. The summed E-state index contributed by atoms with van der Waals surface area (Å²) in [4.78, 5) is 0. The van der Waals surface area contributed by atoms with Crippen molar-refractivity contribution in [1.82, 2.24) is 0 Å². The van der Waals surface area contributed by atoms with Gasteiger partial charge in [0.25, 0.3) is 0 Å². The van der Waals surface area contributed by atoms with Gasteiger partial charge in [-0.05, 0) is 26.8 Å². The molecular formula is C14H20O2. The number of rotatable bonds is 5. The maximum atomic E-state index is 5.63. The molecule has 0 bridgehead atoms. The Kier molecular flexibility index (Phi) is 4.56. The van der Waals surface area contributed by atoms with Gasteiger partial charge in [-0.15, -0.1) is 0 Å². The van der Waals surface area contributed by atoms with Crippen LogP contribution in [0.3, 0.4) is 0 Å². The Morgan fingerprint density at radius 1 is 1.25 bits per heavy atom. The van der Waals surface area contributed by atoms with Crippen molar-refractivity contribution in [1.29, 1.82) is 0 Å². The van der Waals surface area contributed by atoms with Gasteiger partial charge < -0.3 is 9.47 Å². The van der Waals surface area contributed by atoms with Crippen LogP contribution in [-0.4, -0.2) is 19.3 Å². The summed E-state index contributed by atoms with van der Waals surface area (Å²) in [6.07, 6.45) is 2.01. The van der Waals surface area contributed by atoms with Gasteiger partial charge >= 0.3 is 0 Å². The Labute approximate surface area is 97.9 Å². The molecule has 0 fully saturated rings.